The average Bonchev–Trinajstić information content (AvgIpc) is 3.55. The first kappa shape index (κ1) is 31.9. The molecule has 6 aromatic rings. The largest absolute Gasteiger partial charge is 0.497 e. The predicted molar refractivity (Wildman–Crippen MR) is 185 cm³/mol. The molecular weight excluding hydrogens is 624 g/mol. The lowest BCUT2D eigenvalue weighted by molar-refractivity contribution is 0.0952. The molecule has 0 saturated carbocycles. The third kappa shape index (κ3) is 7.67. The van der Waals surface area contributed by atoms with Crippen molar-refractivity contribution >= 4 is 52.3 Å². The minimum Gasteiger partial charge on any atom is -0.497 e. The van der Waals surface area contributed by atoms with Crippen molar-refractivity contribution in [1.29, 1.82) is 0 Å². The lowest BCUT2D eigenvalue weighted by Gasteiger charge is -2.06. The molecule has 5 aromatic carbocycles. The van der Waals surface area contributed by atoms with Crippen LogP contribution in [0.25, 0.3) is 22.6 Å². The molecule has 242 valence electrons. The fourth-order valence-electron chi connectivity index (χ4n) is 4.74. The number of nitrogens with one attached hydrogen (secondary N) is 3. The van der Waals surface area contributed by atoms with E-state index in [0.717, 1.165) is 5.56 Å². The van der Waals surface area contributed by atoms with Crippen LogP contribution in [0.3, 0.4) is 0 Å². The third-order valence-corrected chi connectivity index (χ3v) is 7.35. The van der Waals surface area contributed by atoms with Crippen LogP contribution in [0.4, 0.5) is 11.4 Å². The molecule has 12 nitrogen and oxygen atoms in total. The minimum absolute atomic E-state index is 0.315. The van der Waals surface area contributed by atoms with Crippen molar-refractivity contribution in [1.82, 2.24) is 10.4 Å². The number of carbonyl (C=O) groups excluding carboxylic acids is 4. The molecule has 0 aliphatic heterocycles. The number of rotatable bonds is 10. The number of ether oxygens (including phenoxy) is 1. The first-order valence-electron chi connectivity index (χ1n) is 14.9. The maximum Gasteiger partial charge on any atom is 0.271 e. The van der Waals surface area contributed by atoms with E-state index in [-0.39, 0.29) is 11.8 Å². The second kappa shape index (κ2) is 14.1. The molecule has 4 amide bonds. The van der Waals surface area contributed by atoms with Crippen molar-refractivity contribution in [2.45, 2.75) is 0 Å². The Morgan fingerprint density at radius 3 is 1.94 bits per heavy atom. The van der Waals surface area contributed by atoms with E-state index in [0.29, 0.717) is 61.9 Å². The molecule has 0 saturated heterocycles. The molecule has 0 fully saturated rings. The Balaban J connectivity index is 1.05. The lowest BCUT2D eigenvalue weighted by Crippen LogP contribution is -2.18. The van der Waals surface area contributed by atoms with E-state index in [1.807, 2.05) is 18.2 Å². The summed E-state index contributed by atoms with van der Waals surface area (Å²) < 4.78 is 11.1. The molecule has 0 unspecified atom stereocenters. The number of fused-ring (bicyclic) bond motifs is 1. The second-order valence-electron chi connectivity index (χ2n) is 10.7. The van der Waals surface area contributed by atoms with E-state index in [1.54, 1.807) is 67.8 Å². The Kier molecular flexibility index (Phi) is 9.20. The molecule has 0 aliphatic rings. The zero-order chi connectivity index (χ0) is 34.3. The van der Waals surface area contributed by atoms with Gasteiger partial charge >= 0.3 is 0 Å². The summed E-state index contributed by atoms with van der Waals surface area (Å²) in [5.74, 6) is -0.667. The summed E-state index contributed by atoms with van der Waals surface area (Å²) >= 11 is 0. The zero-order valence-electron chi connectivity index (χ0n) is 26.0. The van der Waals surface area contributed by atoms with Gasteiger partial charge in [-0.2, -0.15) is 5.10 Å². The first-order chi connectivity index (χ1) is 23.7. The molecule has 6 rings (SSSR count). The zero-order valence-corrected chi connectivity index (χ0v) is 26.0. The highest BCUT2D eigenvalue weighted by Gasteiger charge is 2.13. The van der Waals surface area contributed by atoms with Crippen LogP contribution in [-0.2, 0) is 0 Å². The molecule has 0 radical (unpaired) electrons. The van der Waals surface area contributed by atoms with Crippen molar-refractivity contribution in [3.05, 3.63) is 143 Å². The van der Waals surface area contributed by atoms with Gasteiger partial charge < -0.3 is 25.5 Å². The highest BCUT2D eigenvalue weighted by molar-refractivity contribution is 6.06. The van der Waals surface area contributed by atoms with Crippen LogP contribution in [0.1, 0.15) is 47.0 Å². The maximum absolute atomic E-state index is 12.9. The first-order valence-corrected chi connectivity index (χ1v) is 14.9. The van der Waals surface area contributed by atoms with Crippen LogP contribution in [-0.4, -0.2) is 41.9 Å². The van der Waals surface area contributed by atoms with E-state index in [9.17, 15) is 19.2 Å². The molecule has 0 atom stereocenters. The maximum atomic E-state index is 12.9. The molecule has 0 spiro atoms. The summed E-state index contributed by atoms with van der Waals surface area (Å²) in [6.45, 7) is 0. The van der Waals surface area contributed by atoms with Crippen LogP contribution in [0, 0.1) is 0 Å². The number of anilines is 2. The van der Waals surface area contributed by atoms with E-state index >= 15 is 0 Å². The van der Waals surface area contributed by atoms with Crippen molar-refractivity contribution in [3.8, 4) is 17.2 Å². The number of carbonyl (C=O) groups is 4. The summed E-state index contributed by atoms with van der Waals surface area (Å²) in [6, 6.07) is 31.5. The topological polar surface area (TPSA) is 178 Å². The normalized spacial score (nSPS) is 10.9. The number of primary amides is 1. The van der Waals surface area contributed by atoms with Crippen molar-refractivity contribution in [2.75, 3.05) is 17.7 Å². The van der Waals surface area contributed by atoms with Crippen LogP contribution < -0.4 is 26.5 Å². The number of methoxy groups -OCH3 is 1. The molecule has 1 heterocycles. The van der Waals surface area contributed by atoms with Gasteiger partial charge in [0.25, 0.3) is 17.7 Å². The minimum atomic E-state index is -0.568. The standard InChI is InChI=1S/C37H28N6O6/c1-48-30-4-2-3-22(19-30)21-39-43-36(47)26-11-9-25(10-12-26)35(46)41-29-17-18-31-32(20-29)49-37(42-31)27-13-15-28(16-14-27)40-34(45)24-7-5-23(6-8-24)33(38)44/h2-21H,1H3,(H2,38,44)(H,40,45)(H,41,46)(H,43,47)/b39-21+. The van der Waals surface area contributed by atoms with Gasteiger partial charge in [-0.3, -0.25) is 19.2 Å². The van der Waals surface area contributed by atoms with Gasteiger partial charge in [0, 0.05) is 45.3 Å². The number of amides is 4. The number of benzene rings is 5. The summed E-state index contributed by atoms with van der Waals surface area (Å²) in [5.41, 5.74) is 12.7. The van der Waals surface area contributed by atoms with Crippen LogP contribution in [0.15, 0.2) is 125 Å². The highest BCUT2D eigenvalue weighted by atomic mass is 16.5. The van der Waals surface area contributed by atoms with Gasteiger partial charge in [-0.15, -0.1) is 0 Å². The Morgan fingerprint density at radius 2 is 1.31 bits per heavy atom. The van der Waals surface area contributed by atoms with Crippen LogP contribution in [0.2, 0.25) is 0 Å². The van der Waals surface area contributed by atoms with Gasteiger partial charge in [0.1, 0.15) is 11.3 Å². The monoisotopic (exact) mass is 652 g/mol. The Hall–Kier alpha value is -7.08. The number of aromatic nitrogens is 1. The number of oxazole rings is 1. The molecule has 5 N–H and O–H groups in total. The van der Waals surface area contributed by atoms with E-state index < -0.39 is 11.8 Å². The summed E-state index contributed by atoms with van der Waals surface area (Å²) in [5, 5.41) is 9.62. The Bertz CT molecular complexity index is 2210. The quantitative estimate of drug-likeness (QED) is 0.106. The van der Waals surface area contributed by atoms with Gasteiger partial charge in [-0.05, 0) is 103 Å². The van der Waals surface area contributed by atoms with E-state index in [4.69, 9.17) is 14.9 Å². The summed E-state index contributed by atoms with van der Waals surface area (Å²) in [6.07, 6.45) is 1.51. The SMILES string of the molecule is COc1cccc(/C=N/NC(=O)c2ccc(C(=O)Nc3ccc4nc(-c5ccc(NC(=O)c6ccc(C(N)=O)cc6)cc5)oc4c3)cc2)c1. The highest BCUT2D eigenvalue weighted by Crippen LogP contribution is 2.28. The van der Waals surface area contributed by atoms with Crippen molar-refractivity contribution in [3.63, 3.8) is 0 Å². The molecule has 49 heavy (non-hydrogen) atoms. The lowest BCUT2D eigenvalue weighted by atomic mass is 10.1. The van der Waals surface area contributed by atoms with E-state index in [1.165, 1.54) is 42.6 Å². The van der Waals surface area contributed by atoms with E-state index in [2.05, 4.69) is 26.1 Å². The predicted octanol–water partition coefficient (Wildman–Crippen LogP) is 5.87. The van der Waals surface area contributed by atoms with Gasteiger partial charge in [0.2, 0.25) is 11.8 Å². The number of hydrogen-bond acceptors (Lipinski definition) is 8. The summed E-state index contributed by atoms with van der Waals surface area (Å²) in [7, 11) is 1.57. The third-order valence-electron chi connectivity index (χ3n) is 7.35. The Labute approximate surface area is 279 Å². The van der Waals surface area contributed by atoms with Gasteiger partial charge in [-0.1, -0.05) is 12.1 Å². The van der Waals surface area contributed by atoms with Gasteiger partial charge in [0.05, 0.1) is 13.3 Å². The molecule has 12 heteroatoms. The van der Waals surface area contributed by atoms with Crippen LogP contribution in [0.5, 0.6) is 5.75 Å². The van der Waals surface area contributed by atoms with Crippen LogP contribution >= 0.6 is 0 Å². The van der Waals surface area contributed by atoms with Crippen molar-refractivity contribution in [2.24, 2.45) is 10.8 Å². The number of hydrogen-bond donors (Lipinski definition) is 4. The molecule has 0 aliphatic carbocycles. The number of nitrogens with zero attached hydrogens (tertiary/aromatic N) is 2. The van der Waals surface area contributed by atoms with Crippen molar-refractivity contribution < 1.29 is 28.3 Å². The average molecular weight is 653 g/mol. The van der Waals surface area contributed by atoms with Gasteiger partial charge in [-0.25, -0.2) is 10.4 Å². The smallest absolute Gasteiger partial charge is 0.271 e. The molecule has 1 aromatic heterocycles. The fraction of sp³-hybridized carbons (Fsp3) is 0.0270. The fourth-order valence-corrected chi connectivity index (χ4v) is 4.74. The molecule has 0 bridgehead atoms. The van der Waals surface area contributed by atoms with Gasteiger partial charge in [0.15, 0.2) is 5.58 Å². The summed E-state index contributed by atoms with van der Waals surface area (Å²) in [4.78, 5) is 53.8. The number of nitrogens with two attached hydrogens (primary N) is 1. The molecular formula is C37H28N6O6. The second-order valence-corrected chi connectivity index (χ2v) is 10.7. The number of hydrazone groups is 1. The Morgan fingerprint density at radius 1 is 0.714 bits per heavy atom.